The number of fused-ring (bicyclic) bond motifs is 2. The van der Waals surface area contributed by atoms with Crippen LogP contribution in [0.25, 0.3) is 0 Å². The second-order valence-electron chi connectivity index (χ2n) is 7.49. The van der Waals surface area contributed by atoms with Gasteiger partial charge >= 0.3 is 5.97 Å². The van der Waals surface area contributed by atoms with Gasteiger partial charge in [-0.3, -0.25) is 14.5 Å². The standard InChI is InChI=1S/C21H30N2O3/c1-3-4-5-6-7-17-8-9-19-18(14-17)21(10-12-22-13-11-21)20(25)23(19)15-26-16(2)24/h8-9,14,22H,3-7,10-13,15H2,1-2H3. The fourth-order valence-electron chi connectivity index (χ4n) is 4.22. The minimum atomic E-state index is -0.458. The van der Waals surface area contributed by atoms with Crippen LogP contribution >= 0.6 is 0 Å². The number of aryl methyl sites for hydroxylation is 1. The number of hydrogen-bond donors (Lipinski definition) is 1. The van der Waals surface area contributed by atoms with Crippen LogP contribution in [-0.2, 0) is 26.2 Å². The van der Waals surface area contributed by atoms with E-state index >= 15 is 0 Å². The van der Waals surface area contributed by atoms with Crippen LogP contribution in [0.3, 0.4) is 0 Å². The maximum atomic E-state index is 13.3. The zero-order valence-electron chi connectivity index (χ0n) is 16.0. The molecule has 1 aromatic carbocycles. The number of esters is 1. The van der Waals surface area contributed by atoms with Gasteiger partial charge in [-0.1, -0.05) is 38.3 Å². The minimum absolute atomic E-state index is 0.00614. The zero-order chi connectivity index (χ0) is 18.6. The van der Waals surface area contributed by atoms with E-state index in [0.29, 0.717) is 0 Å². The number of ether oxygens (including phenoxy) is 1. The van der Waals surface area contributed by atoms with Gasteiger partial charge in [-0.25, -0.2) is 0 Å². The SMILES string of the molecule is CCCCCCc1ccc2c(c1)C1(CCNCC1)C(=O)N2COC(C)=O. The van der Waals surface area contributed by atoms with E-state index in [9.17, 15) is 9.59 Å². The van der Waals surface area contributed by atoms with Crippen molar-refractivity contribution in [2.75, 3.05) is 24.7 Å². The van der Waals surface area contributed by atoms with Gasteiger partial charge in [0.05, 0.1) is 11.1 Å². The van der Waals surface area contributed by atoms with Crippen LogP contribution in [0.5, 0.6) is 0 Å². The van der Waals surface area contributed by atoms with Gasteiger partial charge in [-0.15, -0.1) is 0 Å². The molecule has 2 heterocycles. The van der Waals surface area contributed by atoms with E-state index in [0.717, 1.165) is 43.6 Å². The molecule has 1 saturated heterocycles. The minimum Gasteiger partial charge on any atom is -0.444 e. The summed E-state index contributed by atoms with van der Waals surface area (Å²) in [6.45, 7) is 5.29. The highest BCUT2D eigenvalue weighted by atomic mass is 16.5. The van der Waals surface area contributed by atoms with Gasteiger partial charge < -0.3 is 10.1 Å². The second-order valence-corrected chi connectivity index (χ2v) is 7.49. The first kappa shape index (κ1) is 18.9. The summed E-state index contributed by atoms with van der Waals surface area (Å²) in [7, 11) is 0. The Bertz CT molecular complexity index is 665. The zero-order valence-corrected chi connectivity index (χ0v) is 16.0. The summed E-state index contributed by atoms with van der Waals surface area (Å²) >= 11 is 0. The quantitative estimate of drug-likeness (QED) is 0.600. The Labute approximate surface area is 156 Å². The van der Waals surface area contributed by atoms with Gasteiger partial charge in [0.25, 0.3) is 0 Å². The molecule has 0 unspecified atom stereocenters. The number of unbranched alkanes of at least 4 members (excludes halogenated alkanes) is 3. The van der Waals surface area contributed by atoms with Gasteiger partial charge in [0.2, 0.25) is 5.91 Å². The van der Waals surface area contributed by atoms with Crippen LogP contribution in [0.2, 0.25) is 0 Å². The largest absolute Gasteiger partial charge is 0.444 e. The maximum absolute atomic E-state index is 13.3. The number of amides is 1. The highest BCUT2D eigenvalue weighted by Crippen LogP contribution is 2.47. The molecule has 3 rings (SSSR count). The normalized spacial score (nSPS) is 18.2. The molecule has 0 radical (unpaired) electrons. The summed E-state index contributed by atoms with van der Waals surface area (Å²) in [5, 5.41) is 3.36. The number of rotatable bonds is 7. The fraction of sp³-hybridized carbons (Fsp3) is 0.619. The molecule has 26 heavy (non-hydrogen) atoms. The van der Waals surface area contributed by atoms with Crippen molar-refractivity contribution in [2.45, 2.75) is 64.2 Å². The Morgan fingerprint density at radius 2 is 2.00 bits per heavy atom. The highest BCUT2D eigenvalue weighted by molar-refractivity contribution is 6.08. The van der Waals surface area contributed by atoms with E-state index in [1.54, 1.807) is 4.90 Å². The lowest BCUT2D eigenvalue weighted by Gasteiger charge is -2.33. The van der Waals surface area contributed by atoms with Crippen LogP contribution < -0.4 is 10.2 Å². The van der Waals surface area contributed by atoms with E-state index in [4.69, 9.17) is 4.74 Å². The number of piperidine rings is 1. The van der Waals surface area contributed by atoms with Crippen LogP contribution in [0.1, 0.15) is 63.5 Å². The molecule has 0 aliphatic carbocycles. The van der Waals surface area contributed by atoms with Crippen LogP contribution in [0.4, 0.5) is 5.69 Å². The Hall–Kier alpha value is -1.88. The third kappa shape index (κ3) is 3.63. The average Bonchev–Trinajstić information content (AvgIpc) is 2.86. The molecule has 1 amide bonds. The first-order chi connectivity index (χ1) is 12.6. The van der Waals surface area contributed by atoms with Gasteiger partial charge in [-0.05, 0) is 56.0 Å². The predicted molar refractivity (Wildman–Crippen MR) is 102 cm³/mol. The number of nitrogens with zero attached hydrogens (tertiary/aromatic N) is 1. The van der Waals surface area contributed by atoms with E-state index in [2.05, 4.69) is 24.4 Å². The fourth-order valence-corrected chi connectivity index (χ4v) is 4.22. The molecule has 0 saturated carbocycles. The molecular formula is C21H30N2O3. The molecule has 142 valence electrons. The third-order valence-corrected chi connectivity index (χ3v) is 5.69. The third-order valence-electron chi connectivity index (χ3n) is 5.69. The Morgan fingerprint density at radius 1 is 1.23 bits per heavy atom. The molecule has 0 aromatic heterocycles. The van der Waals surface area contributed by atoms with Crippen molar-refractivity contribution in [3.63, 3.8) is 0 Å². The van der Waals surface area contributed by atoms with Crippen molar-refractivity contribution in [1.29, 1.82) is 0 Å². The predicted octanol–water partition coefficient (Wildman–Crippen LogP) is 3.30. The lowest BCUT2D eigenvalue weighted by Crippen LogP contribution is -2.47. The van der Waals surface area contributed by atoms with E-state index in [1.165, 1.54) is 38.2 Å². The van der Waals surface area contributed by atoms with Crippen LogP contribution in [0.15, 0.2) is 18.2 Å². The summed E-state index contributed by atoms with van der Waals surface area (Å²) in [6.07, 6.45) is 7.60. The van der Waals surface area contributed by atoms with Gasteiger partial charge in [0.1, 0.15) is 0 Å². The van der Waals surface area contributed by atoms with Gasteiger partial charge in [0.15, 0.2) is 6.73 Å². The Morgan fingerprint density at radius 3 is 2.69 bits per heavy atom. The number of anilines is 1. The molecular weight excluding hydrogens is 328 g/mol. The molecule has 1 spiro atoms. The lowest BCUT2D eigenvalue weighted by atomic mass is 9.73. The number of benzene rings is 1. The lowest BCUT2D eigenvalue weighted by molar-refractivity contribution is -0.141. The molecule has 5 heteroatoms. The number of carbonyl (C=O) groups is 2. The number of carbonyl (C=O) groups excluding carboxylic acids is 2. The summed E-state index contributed by atoms with van der Waals surface area (Å²) in [5.41, 5.74) is 2.89. The van der Waals surface area contributed by atoms with Crippen LogP contribution in [-0.4, -0.2) is 31.7 Å². The average molecular weight is 358 g/mol. The van der Waals surface area contributed by atoms with Crippen molar-refractivity contribution < 1.29 is 14.3 Å². The number of hydrogen-bond acceptors (Lipinski definition) is 4. The molecule has 0 atom stereocenters. The molecule has 1 aromatic rings. The topological polar surface area (TPSA) is 58.6 Å². The van der Waals surface area contributed by atoms with Crippen molar-refractivity contribution in [1.82, 2.24) is 5.32 Å². The molecule has 2 aliphatic rings. The van der Waals surface area contributed by atoms with Gasteiger partial charge in [-0.2, -0.15) is 0 Å². The van der Waals surface area contributed by atoms with Crippen molar-refractivity contribution >= 4 is 17.6 Å². The molecule has 2 aliphatic heterocycles. The second kappa shape index (κ2) is 8.21. The highest BCUT2D eigenvalue weighted by Gasteiger charge is 2.51. The molecule has 1 N–H and O–H groups in total. The first-order valence-corrected chi connectivity index (χ1v) is 9.88. The summed E-state index contributed by atoms with van der Waals surface area (Å²) in [4.78, 5) is 26.2. The van der Waals surface area contributed by atoms with E-state index < -0.39 is 5.41 Å². The summed E-state index contributed by atoms with van der Waals surface area (Å²) in [6, 6.07) is 6.40. The number of nitrogens with one attached hydrogen (secondary N) is 1. The van der Waals surface area contributed by atoms with Crippen molar-refractivity contribution in [3.05, 3.63) is 29.3 Å². The molecule has 5 nitrogen and oxygen atoms in total. The first-order valence-electron chi connectivity index (χ1n) is 9.88. The van der Waals surface area contributed by atoms with E-state index in [1.807, 2.05) is 6.07 Å². The summed E-state index contributed by atoms with van der Waals surface area (Å²) < 4.78 is 5.16. The van der Waals surface area contributed by atoms with Crippen LogP contribution in [0, 0.1) is 0 Å². The maximum Gasteiger partial charge on any atom is 0.304 e. The van der Waals surface area contributed by atoms with Gasteiger partial charge in [0, 0.05) is 6.92 Å². The molecule has 1 fully saturated rings. The Kier molecular flexibility index (Phi) is 5.97. The van der Waals surface area contributed by atoms with Crippen molar-refractivity contribution in [2.24, 2.45) is 0 Å². The van der Waals surface area contributed by atoms with E-state index in [-0.39, 0.29) is 18.6 Å². The summed E-state index contributed by atoms with van der Waals surface area (Å²) in [5.74, 6) is -0.281. The Balaban J connectivity index is 1.87. The molecule has 0 bridgehead atoms. The smallest absolute Gasteiger partial charge is 0.304 e. The van der Waals surface area contributed by atoms with Crippen molar-refractivity contribution in [3.8, 4) is 0 Å². The monoisotopic (exact) mass is 358 g/mol.